The van der Waals surface area contributed by atoms with Crippen molar-refractivity contribution in [2.75, 3.05) is 0 Å². The Bertz CT molecular complexity index is 1290. The molecule has 38 heavy (non-hydrogen) atoms. The number of halogens is 6. The fraction of sp³-hybridized carbons (Fsp3) is 0.125. The van der Waals surface area contributed by atoms with Crippen molar-refractivity contribution in [3.63, 3.8) is 0 Å². The first-order chi connectivity index (χ1) is 17.6. The maximum absolute atomic E-state index is 14.1. The molecule has 0 saturated heterocycles. The Morgan fingerprint density at radius 3 is 0.842 bits per heavy atom. The number of hydrogen-bond acceptors (Lipinski definition) is 7. The Hall–Kier alpha value is -1.96. The summed E-state index contributed by atoms with van der Waals surface area (Å²) < 4.78 is 30.7. The van der Waals surface area contributed by atoms with Gasteiger partial charge in [-0.3, -0.25) is 14.4 Å². The van der Waals surface area contributed by atoms with Crippen LogP contribution in [0.15, 0.2) is 36.4 Å². The lowest BCUT2D eigenvalue weighted by Gasteiger charge is -2.23. The van der Waals surface area contributed by atoms with Gasteiger partial charge in [-0.25, -0.2) is 0 Å². The standard InChI is InChI=1S/C24H15Cl6O7P/c1-10(31)13-4-16(25)22(17(26)5-13)35-38(34,36-23-18(27)6-14(11(2)32)7-19(23)28)37-24-20(29)8-15(12(3)33)9-21(24)30/h4-9H,1-3H3. The summed E-state index contributed by atoms with van der Waals surface area (Å²) in [6.45, 7) is 3.88. The van der Waals surface area contributed by atoms with E-state index in [-0.39, 0.29) is 81.4 Å². The van der Waals surface area contributed by atoms with Gasteiger partial charge in [-0.2, -0.15) is 4.57 Å². The van der Waals surface area contributed by atoms with Crippen LogP contribution >= 0.6 is 77.4 Å². The van der Waals surface area contributed by atoms with Crippen LogP contribution < -0.4 is 13.6 Å². The van der Waals surface area contributed by atoms with Crippen LogP contribution in [0.4, 0.5) is 0 Å². The summed E-state index contributed by atoms with van der Waals surface area (Å²) in [6.07, 6.45) is 0. The summed E-state index contributed by atoms with van der Waals surface area (Å²) in [5, 5.41) is -1.23. The first-order valence-corrected chi connectivity index (χ1v) is 14.0. The normalized spacial score (nSPS) is 11.2. The van der Waals surface area contributed by atoms with Crippen LogP contribution in [0.2, 0.25) is 30.1 Å². The van der Waals surface area contributed by atoms with Crippen molar-refractivity contribution in [3.8, 4) is 17.2 Å². The molecule has 0 atom stereocenters. The van der Waals surface area contributed by atoms with E-state index in [9.17, 15) is 18.9 Å². The minimum absolute atomic E-state index is 0.154. The van der Waals surface area contributed by atoms with Gasteiger partial charge in [-0.1, -0.05) is 69.6 Å². The maximum atomic E-state index is 14.1. The van der Waals surface area contributed by atoms with E-state index in [1.165, 1.54) is 57.2 Å². The van der Waals surface area contributed by atoms with Gasteiger partial charge < -0.3 is 13.6 Å². The van der Waals surface area contributed by atoms with Crippen molar-refractivity contribution in [1.82, 2.24) is 0 Å². The predicted octanol–water partition coefficient (Wildman–Crippen LogP) is 9.86. The molecule has 0 N–H and O–H groups in total. The first kappa shape index (κ1) is 30.6. The van der Waals surface area contributed by atoms with Gasteiger partial charge in [-0.05, 0) is 57.2 Å². The summed E-state index contributed by atoms with van der Waals surface area (Å²) in [7, 11) is -4.92. The summed E-state index contributed by atoms with van der Waals surface area (Å²) >= 11 is 37.5. The zero-order chi connectivity index (χ0) is 28.5. The lowest BCUT2D eigenvalue weighted by Crippen LogP contribution is -2.10. The number of benzene rings is 3. The van der Waals surface area contributed by atoms with Crippen LogP contribution in [0.5, 0.6) is 17.2 Å². The van der Waals surface area contributed by atoms with Gasteiger partial charge in [0.15, 0.2) is 34.6 Å². The Balaban J connectivity index is 2.16. The van der Waals surface area contributed by atoms with Crippen LogP contribution in [0, 0.1) is 0 Å². The molecule has 3 aromatic rings. The molecule has 3 rings (SSSR count). The number of Topliss-reactive ketones (excluding diaryl/α,β-unsaturated/α-hetero) is 3. The van der Waals surface area contributed by atoms with Gasteiger partial charge in [0.25, 0.3) is 0 Å². The van der Waals surface area contributed by atoms with Crippen LogP contribution in [-0.2, 0) is 4.57 Å². The lowest BCUT2D eigenvalue weighted by atomic mass is 10.1. The Labute approximate surface area is 247 Å². The zero-order valence-corrected chi connectivity index (χ0v) is 25.0. The molecule has 0 aliphatic heterocycles. The highest BCUT2D eigenvalue weighted by molar-refractivity contribution is 7.49. The van der Waals surface area contributed by atoms with Crippen molar-refractivity contribution in [2.24, 2.45) is 0 Å². The molecule has 0 unspecified atom stereocenters. The molecule has 0 amide bonds. The molecule has 0 aromatic heterocycles. The third-order valence-corrected chi connectivity index (χ3v) is 7.73. The van der Waals surface area contributed by atoms with Gasteiger partial charge in [0.1, 0.15) is 0 Å². The van der Waals surface area contributed by atoms with Gasteiger partial charge in [0.05, 0.1) is 30.1 Å². The fourth-order valence-electron chi connectivity index (χ4n) is 2.94. The average Bonchev–Trinajstić information content (AvgIpc) is 2.80. The van der Waals surface area contributed by atoms with Crippen molar-refractivity contribution in [3.05, 3.63) is 83.2 Å². The van der Waals surface area contributed by atoms with E-state index in [4.69, 9.17) is 83.2 Å². The van der Waals surface area contributed by atoms with Gasteiger partial charge in [-0.15, -0.1) is 0 Å². The summed E-state index contributed by atoms with van der Waals surface area (Å²) in [5.74, 6) is -2.15. The largest absolute Gasteiger partial charge is 0.647 e. The number of phosphoric ester groups is 1. The molecule has 0 fully saturated rings. The molecule has 3 aromatic carbocycles. The molecule has 0 spiro atoms. The molecule has 0 radical (unpaired) electrons. The van der Waals surface area contributed by atoms with Crippen LogP contribution in [0.3, 0.4) is 0 Å². The van der Waals surface area contributed by atoms with Gasteiger partial charge >= 0.3 is 7.82 Å². The van der Waals surface area contributed by atoms with E-state index in [1.807, 2.05) is 0 Å². The highest BCUT2D eigenvalue weighted by Crippen LogP contribution is 2.57. The predicted molar refractivity (Wildman–Crippen MR) is 149 cm³/mol. The smallest absolute Gasteiger partial charge is 0.383 e. The van der Waals surface area contributed by atoms with E-state index in [1.54, 1.807) is 0 Å². The summed E-state index contributed by atoms with van der Waals surface area (Å²) in [5.41, 5.74) is 0.461. The minimum atomic E-state index is -4.92. The topological polar surface area (TPSA) is 96.0 Å². The molecular weight excluding hydrogens is 644 g/mol. The number of phosphoric acid groups is 1. The maximum Gasteiger partial charge on any atom is 0.647 e. The van der Waals surface area contributed by atoms with Gasteiger partial charge in [0, 0.05) is 16.7 Å². The molecule has 0 heterocycles. The van der Waals surface area contributed by atoms with Crippen molar-refractivity contribution in [2.45, 2.75) is 20.8 Å². The molecule has 200 valence electrons. The van der Waals surface area contributed by atoms with E-state index < -0.39 is 7.82 Å². The lowest BCUT2D eigenvalue weighted by molar-refractivity contribution is 0.100. The second-order valence-electron chi connectivity index (χ2n) is 7.70. The summed E-state index contributed by atoms with van der Waals surface area (Å²) in [6, 6.07) is 7.41. The first-order valence-electron chi connectivity index (χ1n) is 10.3. The number of carbonyl (C=O) groups excluding carboxylic acids is 3. The van der Waals surface area contributed by atoms with Crippen molar-refractivity contribution >= 4 is 94.8 Å². The second-order valence-corrected chi connectivity index (χ2v) is 11.6. The third kappa shape index (κ3) is 6.97. The zero-order valence-electron chi connectivity index (χ0n) is 19.5. The summed E-state index contributed by atoms with van der Waals surface area (Å²) in [4.78, 5) is 35.3. The van der Waals surface area contributed by atoms with Crippen LogP contribution in [0.25, 0.3) is 0 Å². The number of rotatable bonds is 9. The highest BCUT2D eigenvalue weighted by Gasteiger charge is 2.38. The number of hydrogen-bond donors (Lipinski definition) is 0. The Morgan fingerprint density at radius 1 is 0.500 bits per heavy atom. The fourth-order valence-corrected chi connectivity index (χ4v) is 6.33. The average molecular weight is 659 g/mol. The van der Waals surface area contributed by atoms with Crippen molar-refractivity contribution < 1.29 is 32.5 Å². The molecular formula is C24H15Cl6O7P. The molecule has 0 saturated carbocycles. The van der Waals surface area contributed by atoms with E-state index in [0.29, 0.717) is 0 Å². The third-order valence-electron chi connectivity index (χ3n) is 4.82. The number of ketones is 3. The molecule has 0 bridgehead atoms. The minimum Gasteiger partial charge on any atom is -0.383 e. The highest BCUT2D eigenvalue weighted by atomic mass is 35.5. The van der Waals surface area contributed by atoms with Crippen LogP contribution in [0.1, 0.15) is 51.8 Å². The molecule has 0 aliphatic rings. The molecule has 7 nitrogen and oxygen atoms in total. The molecule has 14 heteroatoms. The quantitative estimate of drug-likeness (QED) is 0.167. The van der Waals surface area contributed by atoms with E-state index in [0.717, 1.165) is 0 Å². The van der Waals surface area contributed by atoms with E-state index >= 15 is 0 Å². The Morgan fingerprint density at radius 2 is 0.684 bits per heavy atom. The molecule has 0 aliphatic carbocycles. The second kappa shape index (κ2) is 12.1. The Kier molecular flexibility index (Phi) is 9.70. The van der Waals surface area contributed by atoms with Crippen LogP contribution in [-0.4, -0.2) is 17.3 Å². The van der Waals surface area contributed by atoms with E-state index in [2.05, 4.69) is 0 Å². The SMILES string of the molecule is CC(=O)c1cc(Cl)c(OP(=O)(Oc2c(Cl)cc(C(C)=O)cc2Cl)Oc2c(Cl)cc(C(C)=O)cc2Cl)c(Cl)c1. The van der Waals surface area contributed by atoms with Gasteiger partial charge in [0.2, 0.25) is 0 Å². The monoisotopic (exact) mass is 656 g/mol. The van der Waals surface area contributed by atoms with Crippen molar-refractivity contribution in [1.29, 1.82) is 0 Å². The number of carbonyl (C=O) groups is 3.